The average molecular weight is 530 g/mol. The van der Waals surface area contributed by atoms with E-state index in [0.29, 0.717) is 42.6 Å². The number of aromatic nitrogens is 1. The number of hydrogen-bond acceptors (Lipinski definition) is 6. The minimum absolute atomic E-state index is 0.0501. The highest BCUT2D eigenvalue weighted by molar-refractivity contribution is 7.14. The minimum Gasteiger partial charge on any atom is -0.493 e. The fraction of sp³-hybridized carbons (Fsp3) is 0.290. The van der Waals surface area contributed by atoms with Gasteiger partial charge in [-0.25, -0.2) is 4.98 Å². The Balaban J connectivity index is 1.62. The molecule has 0 spiro atoms. The maximum atomic E-state index is 12.5. The van der Waals surface area contributed by atoms with Gasteiger partial charge in [0.15, 0.2) is 16.6 Å². The zero-order valence-electron chi connectivity index (χ0n) is 22.7. The summed E-state index contributed by atoms with van der Waals surface area (Å²) < 4.78 is 11.2. The Labute approximate surface area is 229 Å². The molecule has 0 aliphatic heterocycles. The molecule has 4 aromatic rings. The van der Waals surface area contributed by atoms with E-state index in [1.54, 1.807) is 25.6 Å². The summed E-state index contributed by atoms with van der Waals surface area (Å²) in [4.78, 5) is 19.7. The van der Waals surface area contributed by atoms with E-state index >= 15 is 0 Å². The van der Waals surface area contributed by atoms with Gasteiger partial charge in [-0.3, -0.25) is 4.79 Å². The summed E-state index contributed by atoms with van der Waals surface area (Å²) in [5.74, 6) is 1.77. The van der Waals surface area contributed by atoms with Crippen LogP contribution in [0.2, 0.25) is 0 Å². The first-order valence-electron chi connectivity index (χ1n) is 12.7. The van der Waals surface area contributed by atoms with Crippen LogP contribution in [0.15, 0.2) is 72.1 Å². The molecule has 1 N–H and O–H groups in total. The summed E-state index contributed by atoms with van der Waals surface area (Å²) in [7, 11) is 3.31. The highest BCUT2D eigenvalue weighted by atomic mass is 32.1. The Bertz CT molecular complexity index is 1350. The van der Waals surface area contributed by atoms with Crippen molar-refractivity contribution in [3.05, 3.63) is 94.4 Å². The van der Waals surface area contributed by atoms with E-state index in [0.717, 1.165) is 27.5 Å². The maximum Gasteiger partial charge on any atom is 0.251 e. The lowest BCUT2D eigenvalue weighted by Gasteiger charge is -2.24. The zero-order chi connectivity index (χ0) is 27.1. The van der Waals surface area contributed by atoms with Gasteiger partial charge in [-0.15, -0.1) is 11.3 Å². The number of carbonyl (C=O) groups excluding carboxylic acids is 1. The number of aryl methyl sites for hydroxylation is 1. The van der Waals surface area contributed by atoms with Crippen LogP contribution in [0.1, 0.15) is 40.9 Å². The van der Waals surface area contributed by atoms with Gasteiger partial charge in [0.2, 0.25) is 0 Å². The van der Waals surface area contributed by atoms with Crippen LogP contribution in [0.4, 0.5) is 5.13 Å². The van der Waals surface area contributed by atoms with Crippen LogP contribution >= 0.6 is 11.3 Å². The lowest BCUT2D eigenvalue weighted by molar-refractivity contribution is 0.0949. The molecule has 0 radical (unpaired) electrons. The van der Waals surface area contributed by atoms with Gasteiger partial charge < -0.3 is 19.7 Å². The second-order valence-corrected chi connectivity index (χ2v) is 10.5. The Morgan fingerprint density at radius 1 is 0.974 bits per heavy atom. The van der Waals surface area contributed by atoms with Crippen LogP contribution in [-0.2, 0) is 13.1 Å². The molecule has 38 heavy (non-hydrogen) atoms. The molecule has 7 heteroatoms. The highest BCUT2D eigenvalue weighted by Gasteiger charge is 2.18. The van der Waals surface area contributed by atoms with E-state index in [1.165, 1.54) is 5.56 Å². The number of ether oxygens (including phenoxy) is 2. The molecule has 0 bridgehead atoms. The van der Waals surface area contributed by atoms with Gasteiger partial charge in [0.05, 0.1) is 19.9 Å². The fourth-order valence-corrected chi connectivity index (χ4v) is 4.96. The van der Waals surface area contributed by atoms with E-state index in [4.69, 9.17) is 14.5 Å². The smallest absolute Gasteiger partial charge is 0.251 e. The number of anilines is 1. The molecule has 1 aromatic heterocycles. The molecule has 1 heterocycles. The first-order chi connectivity index (χ1) is 18.4. The van der Waals surface area contributed by atoms with Crippen LogP contribution in [0, 0.1) is 12.8 Å². The molecule has 4 rings (SSSR count). The Morgan fingerprint density at radius 3 is 2.37 bits per heavy atom. The molecule has 0 saturated carbocycles. The number of carbonyl (C=O) groups is 1. The lowest BCUT2D eigenvalue weighted by atomic mass is 10.1. The lowest BCUT2D eigenvalue weighted by Crippen LogP contribution is -2.27. The van der Waals surface area contributed by atoms with E-state index in [9.17, 15) is 4.79 Å². The van der Waals surface area contributed by atoms with Crippen LogP contribution in [0.5, 0.6) is 11.5 Å². The van der Waals surface area contributed by atoms with Crippen molar-refractivity contribution in [2.24, 2.45) is 5.92 Å². The van der Waals surface area contributed by atoms with Crippen molar-refractivity contribution in [2.45, 2.75) is 33.9 Å². The first-order valence-corrected chi connectivity index (χ1v) is 13.6. The second kappa shape index (κ2) is 12.6. The number of para-hydroxylation sites is 1. The van der Waals surface area contributed by atoms with E-state index in [-0.39, 0.29) is 5.91 Å². The molecule has 0 aliphatic rings. The highest BCUT2D eigenvalue weighted by Crippen LogP contribution is 2.35. The quantitative estimate of drug-likeness (QED) is 0.233. The Kier molecular flexibility index (Phi) is 9.02. The molecule has 198 valence electrons. The van der Waals surface area contributed by atoms with Gasteiger partial charge in [0.25, 0.3) is 5.91 Å². The fourth-order valence-electron chi connectivity index (χ4n) is 4.12. The van der Waals surface area contributed by atoms with Gasteiger partial charge in [-0.05, 0) is 36.6 Å². The number of hydrogen-bond donors (Lipinski definition) is 1. The number of nitrogens with zero attached hydrogens (tertiary/aromatic N) is 2. The number of thiazole rings is 1. The Morgan fingerprint density at radius 2 is 1.71 bits per heavy atom. The molecule has 0 fully saturated rings. The van der Waals surface area contributed by atoms with Crippen molar-refractivity contribution >= 4 is 22.4 Å². The number of benzene rings is 3. The summed E-state index contributed by atoms with van der Waals surface area (Å²) in [6.07, 6.45) is 0. The number of methoxy groups -OCH3 is 2. The number of rotatable bonds is 11. The third-order valence-corrected chi connectivity index (χ3v) is 7.12. The van der Waals surface area contributed by atoms with Crippen LogP contribution in [0.25, 0.3) is 11.3 Å². The molecule has 0 unspecified atom stereocenters. The summed E-state index contributed by atoms with van der Waals surface area (Å²) in [5.41, 5.74) is 6.00. The SMILES string of the molecule is COc1cccc(CN(Cc2ccc(C(=O)NCC(C)C)cc2)c2nc(-c3ccc(C)cc3)cs2)c1OC. The van der Waals surface area contributed by atoms with Gasteiger partial charge >= 0.3 is 0 Å². The van der Waals surface area contributed by atoms with Crippen LogP contribution in [-0.4, -0.2) is 31.7 Å². The zero-order valence-corrected chi connectivity index (χ0v) is 23.5. The van der Waals surface area contributed by atoms with Crippen LogP contribution < -0.4 is 19.7 Å². The monoisotopic (exact) mass is 529 g/mol. The van der Waals surface area contributed by atoms with E-state index < -0.39 is 0 Å². The third kappa shape index (κ3) is 6.72. The topological polar surface area (TPSA) is 63.7 Å². The summed E-state index contributed by atoms with van der Waals surface area (Å²) in [6, 6.07) is 22.1. The second-order valence-electron chi connectivity index (χ2n) is 9.69. The predicted octanol–water partition coefficient (Wildman–Crippen LogP) is 6.73. The minimum atomic E-state index is -0.0501. The molecule has 0 aliphatic carbocycles. The summed E-state index contributed by atoms with van der Waals surface area (Å²) in [6.45, 7) is 8.10. The Hall–Kier alpha value is -3.84. The van der Waals surface area contributed by atoms with Crippen molar-refractivity contribution < 1.29 is 14.3 Å². The van der Waals surface area contributed by atoms with E-state index in [2.05, 4.69) is 60.6 Å². The predicted molar refractivity (Wildman–Crippen MR) is 155 cm³/mol. The number of amides is 1. The molecule has 6 nitrogen and oxygen atoms in total. The van der Waals surface area contributed by atoms with Crippen molar-refractivity contribution in [1.29, 1.82) is 0 Å². The maximum absolute atomic E-state index is 12.5. The standard InChI is InChI=1S/C31H35N3O3S/c1-21(2)17-32-30(35)25-15-11-23(12-16-25)18-34(19-26-7-6-8-28(36-4)29(26)37-5)31-33-27(20-38-31)24-13-9-22(3)10-14-24/h6-16,20-21H,17-19H2,1-5H3,(H,32,35). The first kappa shape index (κ1) is 27.2. The van der Waals surface area contributed by atoms with E-state index in [1.807, 2.05) is 42.5 Å². The number of nitrogens with one attached hydrogen (secondary N) is 1. The van der Waals surface area contributed by atoms with Gasteiger partial charge in [-0.1, -0.05) is 67.9 Å². The molecular weight excluding hydrogens is 494 g/mol. The molecule has 0 atom stereocenters. The molecule has 0 saturated heterocycles. The third-order valence-electron chi connectivity index (χ3n) is 6.22. The van der Waals surface area contributed by atoms with Gasteiger partial charge in [-0.2, -0.15) is 0 Å². The largest absolute Gasteiger partial charge is 0.493 e. The summed E-state index contributed by atoms with van der Waals surface area (Å²) >= 11 is 1.61. The molecule has 1 amide bonds. The van der Waals surface area contributed by atoms with Gasteiger partial charge in [0, 0.05) is 41.7 Å². The van der Waals surface area contributed by atoms with Crippen molar-refractivity contribution in [3.8, 4) is 22.8 Å². The van der Waals surface area contributed by atoms with Crippen LogP contribution in [0.3, 0.4) is 0 Å². The van der Waals surface area contributed by atoms with Gasteiger partial charge in [0.1, 0.15) is 0 Å². The average Bonchev–Trinajstić information content (AvgIpc) is 3.42. The molecule has 3 aromatic carbocycles. The van der Waals surface area contributed by atoms with Crippen molar-refractivity contribution in [1.82, 2.24) is 10.3 Å². The summed E-state index contributed by atoms with van der Waals surface area (Å²) in [5, 5.41) is 5.98. The molecular formula is C31H35N3O3S. The van der Waals surface area contributed by atoms with Crippen molar-refractivity contribution in [3.63, 3.8) is 0 Å². The normalized spacial score (nSPS) is 10.9. The van der Waals surface area contributed by atoms with Crippen molar-refractivity contribution in [2.75, 3.05) is 25.7 Å².